The maximum absolute atomic E-state index is 6.28. The van der Waals surface area contributed by atoms with Crippen molar-refractivity contribution in [3.63, 3.8) is 0 Å². The van der Waals surface area contributed by atoms with Crippen LogP contribution in [0.4, 0.5) is 0 Å². The minimum absolute atomic E-state index is 0.0130. The topological polar surface area (TPSA) is 39.1 Å². The molecule has 0 aliphatic rings. The van der Waals surface area contributed by atoms with Gasteiger partial charge in [-0.05, 0) is 34.2 Å². The number of aryl methyl sites for hydroxylation is 1. The third kappa shape index (κ3) is 3.25. The molecule has 1 aromatic rings. The van der Waals surface area contributed by atoms with E-state index in [9.17, 15) is 0 Å². The Labute approximate surface area is 115 Å². The van der Waals surface area contributed by atoms with E-state index in [0.717, 1.165) is 18.7 Å². The Hall–Kier alpha value is -0.580. The quantitative estimate of drug-likeness (QED) is 0.830. The van der Waals surface area contributed by atoms with Crippen LogP contribution in [0.1, 0.15) is 45.9 Å². The third-order valence-electron chi connectivity index (χ3n) is 3.04. The van der Waals surface area contributed by atoms with Gasteiger partial charge in [0.2, 0.25) is 0 Å². The first-order chi connectivity index (χ1) is 8.47. The summed E-state index contributed by atoms with van der Waals surface area (Å²) >= 11 is 6.28. The molecule has 0 saturated heterocycles. The molecule has 1 unspecified atom stereocenters. The molecule has 18 heavy (non-hydrogen) atoms. The Morgan fingerprint density at radius 2 is 2.17 bits per heavy atom. The fourth-order valence-electron chi connectivity index (χ4n) is 2.32. The molecule has 0 fully saturated rings. The molecule has 1 aromatic heterocycles. The van der Waals surface area contributed by atoms with Gasteiger partial charge in [-0.15, -0.1) is 0 Å². The van der Waals surface area contributed by atoms with Crippen molar-refractivity contribution in [2.75, 3.05) is 13.7 Å². The summed E-state index contributed by atoms with van der Waals surface area (Å²) in [5.74, 6) is 0. The summed E-state index contributed by atoms with van der Waals surface area (Å²) in [6.45, 7) is 9.79. The van der Waals surface area contributed by atoms with E-state index in [1.165, 1.54) is 0 Å². The van der Waals surface area contributed by atoms with Gasteiger partial charge < -0.3 is 10.1 Å². The zero-order chi connectivity index (χ0) is 13.8. The summed E-state index contributed by atoms with van der Waals surface area (Å²) in [6, 6.07) is 0.0130. The average Bonchev–Trinajstić information content (AvgIpc) is 2.63. The Morgan fingerprint density at radius 1 is 1.50 bits per heavy atom. The predicted molar refractivity (Wildman–Crippen MR) is 75.0 cm³/mol. The van der Waals surface area contributed by atoms with Crippen LogP contribution in [0.25, 0.3) is 0 Å². The van der Waals surface area contributed by atoms with Crippen molar-refractivity contribution in [1.82, 2.24) is 15.1 Å². The lowest BCUT2D eigenvalue weighted by atomic mass is 9.95. The van der Waals surface area contributed by atoms with Crippen LogP contribution in [-0.4, -0.2) is 29.0 Å². The summed E-state index contributed by atoms with van der Waals surface area (Å²) < 4.78 is 7.79. The van der Waals surface area contributed by atoms with Crippen molar-refractivity contribution >= 4 is 11.6 Å². The first-order valence-corrected chi connectivity index (χ1v) is 6.88. The Bertz CT molecular complexity index is 376. The minimum atomic E-state index is -0.335. The van der Waals surface area contributed by atoms with Gasteiger partial charge in [0.05, 0.1) is 28.6 Å². The van der Waals surface area contributed by atoms with Crippen LogP contribution < -0.4 is 5.32 Å². The van der Waals surface area contributed by atoms with Gasteiger partial charge in [-0.3, -0.25) is 4.68 Å². The maximum Gasteiger partial charge on any atom is 0.0835 e. The van der Waals surface area contributed by atoms with Gasteiger partial charge in [-0.2, -0.15) is 5.10 Å². The van der Waals surface area contributed by atoms with Gasteiger partial charge >= 0.3 is 0 Å². The zero-order valence-corrected chi connectivity index (χ0v) is 12.7. The van der Waals surface area contributed by atoms with Crippen LogP contribution in [0.15, 0.2) is 6.20 Å². The summed E-state index contributed by atoms with van der Waals surface area (Å²) in [6.07, 6.45) is 2.73. The van der Waals surface area contributed by atoms with Gasteiger partial charge in [-0.25, -0.2) is 0 Å². The van der Waals surface area contributed by atoms with E-state index in [4.69, 9.17) is 16.3 Å². The molecule has 5 heteroatoms. The number of hydrogen-bond donors (Lipinski definition) is 1. The summed E-state index contributed by atoms with van der Waals surface area (Å²) in [5.41, 5.74) is 0.665. The number of nitrogens with zero attached hydrogens (tertiary/aromatic N) is 2. The van der Waals surface area contributed by atoms with Crippen molar-refractivity contribution < 1.29 is 4.74 Å². The first-order valence-electron chi connectivity index (χ1n) is 6.50. The molecule has 0 bridgehead atoms. The van der Waals surface area contributed by atoms with E-state index < -0.39 is 0 Å². The normalized spacial score (nSPS) is 13.9. The van der Waals surface area contributed by atoms with Crippen molar-refractivity contribution in [2.24, 2.45) is 0 Å². The smallest absolute Gasteiger partial charge is 0.0835 e. The number of ether oxygens (including phenoxy) is 1. The number of hydrogen-bond acceptors (Lipinski definition) is 3. The van der Waals surface area contributed by atoms with E-state index in [1.54, 1.807) is 6.20 Å². The fourth-order valence-corrected chi connectivity index (χ4v) is 2.57. The van der Waals surface area contributed by atoms with Crippen molar-refractivity contribution in [3.05, 3.63) is 16.9 Å². The molecule has 1 atom stereocenters. The van der Waals surface area contributed by atoms with E-state index in [-0.39, 0.29) is 11.6 Å². The summed E-state index contributed by atoms with van der Waals surface area (Å²) in [4.78, 5) is 0. The highest BCUT2D eigenvalue weighted by Gasteiger charge is 2.34. The van der Waals surface area contributed by atoms with Crippen LogP contribution >= 0.6 is 11.6 Å². The van der Waals surface area contributed by atoms with Crippen molar-refractivity contribution in [3.8, 4) is 0 Å². The molecule has 0 aromatic carbocycles. The molecule has 1 N–H and O–H groups in total. The Balaban J connectivity index is 3.11. The third-order valence-corrected chi connectivity index (χ3v) is 3.33. The van der Waals surface area contributed by atoms with Gasteiger partial charge in [0.15, 0.2) is 0 Å². The lowest BCUT2D eigenvalue weighted by Gasteiger charge is -2.34. The Kier molecular flexibility index (Phi) is 5.63. The van der Waals surface area contributed by atoms with E-state index in [2.05, 4.69) is 31.2 Å². The summed E-state index contributed by atoms with van der Waals surface area (Å²) in [7, 11) is 1.92. The lowest BCUT2D eigenvalue weighted by molar-refractivity contribution is -0.0394. The monoisotopic (exact) mass is 273 g/mol. The second-order valence-corrected chi connectivity index (χ2v) is 5.27. The van der Waals surface area contributed by atoms with E-state index in [1.807, 2.05) is 18.7 Å². The van der Waals surface area contributed by atoms with Crippen molar-refractivity contribution in [1.29, 1.82) is 0 Å². The molecule has 0 radical (unpaired) electrons. The highest BCUT2D eigenvalue weighted by molar-refractivity contribution is 6.31. The average molecular weight is 274 g/mol. The highest BCUT2D eigenvalue weighted by Crippen LogP contribution is 2.33. The number of likely N-dealkylation sites (N-methyl/N-ethyl adjacent to an activating group) is 1. The SMILES string of the molecule is CCCn1ncc(Cl)c1C(NC)C(C)(C)OCC. The highest BCUT2D eigenvalue weighted by atomic mass is 35.5. The molecule has 0 spiro atoms. The predicted octanol–water partition coefficient (Wildman–Crippen LogP) is 3.02. The van der Waals surface area contributed by atoms with E-state index >= 15 is 0 Å². The molecule has 1 rings (SSSR count). The summed E-state index contributed by atoms with van der Waals surface area (Å²) in [5, 5.41) is 8.33. The fraction of sp³-hybridized carbons (Fsp3) is 0.769. The molecular formula is C13H24ClN3O. The molecule has 104 valence electrons. The number of nitrogens with one attached hydrogen (secondary N) is 1. The standard InChI is InChI=1S/C13H24ClN3O/c1-6-8-17-11(10(14)9-16-17)12(15-5)13(3,4)18-7-2/h9,12,15H,6-8H2,1-5H3. The van der Waals surface area contributed by atoms with Crippen LogP contribution in [0.3, 0.4) is 0 Å². The van der Waals surface area contributed by atoms with Gasteiger partial charge in [0, 0.05) is 13.2 Å². The molecular weight excluding hydrogens is 250 g/mol. The van der Waals surface area contributed by atoms with Crippen LogP contribution in [0.5, 0.6) is 0 Å². The molecule has 0 aliphatic carbocycles. The molecule has 1 heterocycles. The Morgan fingerprint density at radius 3 is 2.67 bits per heavy atom. The number of aromatic nitrogens is 2. The molecule has 0 saturated carbocycles. The van der Waals surface area contributed by atoms with Crippen LogP contribution in [0.2, 0.25) is 5.02 Å². The van der Waals surface area contributed by atoms with Crippen molar-refractivity contribution in [2.45, 2.75) is 52.3 Å². The first kappa shape index (κ1) is 15.5. The van der Waals surface area contributed by atoms with Gasteiger partial charge in [0.25, 0.3) is 0 Å². The van der Waals surface area contributed by atoms with Gasteiger partial charge in [0.1, 0.15) is 0 Å². The minimum Gasteiger partial charge on any atom is -0.374 e. The van der Waals surface area contributed by atoms with Gasteiger partial charge in [-0.1, -0.05) is 18.5 Å². The largest absolute Gasteiger partial charge is 0.374 e. The number of rotatable bonds is 7. The van der Waals surface area contributed by atoms with Crippen LogP contribution in [-0.2, 0) is 11.3 Å². The maximum atomic E-state index is 6.28. The second-order valence-electron chi connectivity index (χ2n) is 4.86. The van der Waals surface area contributed by atoms with Crippen LogP contribution in [0, 0.1) is 0 Å². The lowest BCUT2D eigenvalue weighted by Crippen LogP contribution is -2.41. The van der Waals surface area contributed by atoms with E-state index in [0.29, 0.717) is 11.6 Å². The molecule has 0 amide bonds. The zero-order valence-electron chi connectivity index (χ0n) is 12.0. The second kappa shape index (κ2) is 6.55. The number of halogens is 1. The molecule has 0 aliphatic heterocycles. The molecule has 4 nitrogen and oxygen atoms in total.